The Morgan fingerprint density at radius 3 is 2.21 bits per heavy atom. The van der Waals surface area contributed by atoms with E-state index in [1.165, 1.54) is 30.8 Å². The number of nitrogens with one attached hydrogen (secondary N) is 2. The second-order valence-corrected chi connectivity index (χ2v) is 10.2. The normalized spacial score (nSPS) is 11.3. The van der Waals surface area contributed by atoms with Crippen LogP contribution in [0, 0.1) is 17.7 Å². The molecule has 2 aromatic rings. The summed E-state index contributed by atoms with van der Waals surface area (Å²) in [4.78, 5) is 28.5. The van der Waals surface area contributed by atoms with Crippen LogP contribution in [0.2, 0.25) is 0 Å². The number of halogens is 1. The first-order valence-corrected chi connectivity index (χ1v) is 12.3. The van der Waals surface area contributed by atoms with E-state index >= 15 is 0 Å². The molecule has 33 heavy (non-hydrogen) atoms. The highest BCUT2D eigenvalue weighted by atomic mass is 32.2. The molecule has 5 nitrogen and oxygen atoms in total. The SMILES string of the molecule is CC(=O)Nc1cc(C(=O)NCCCN(CC(C)C)CC(C)C)ccc1Sc1ccc(F)cc1. The number of rotatable bonds is 12. The maximum atomic E-state index is 13.2. The third kappa shape index (κ3) is 9.96. The average molecular weight is 474 g/mol. The van der Waals surface area contributed by atoms with Gasteiger partial charge in [-0.05, 0) is 67.3 Å². The Morgan fingerprint density at radius 1 is 1.00 bits per heavy atom. The largest absolute Gasteiger partial charge is 0.352 e. The van der Waals surface area contributed by atoms with Crippen molar-refractivity contribution in [3.05, 3.63) is 53.8 Å². The van der Waals surface area contributed by atoms with Crippen molar-refractivity contribution in [1.82, 2.24) is 10.2 Å². The van der Waals surface area contributed by atoms with Crippen molar-refractivity contribution >= 4 is 29.3 Å². The molecule has 0 unspecified atom stereocenters. The predicted molar refractivity (Wildman–Crippen MR) is 134 cm³/mol. The second-order valence-electron chi connectivity index (χ2n) is 9.10. The lowest BCUT2D eigenvalue weighted by atomic mass is 10.1. The van der Waals surface area contributed by atoms with Crippen molar-refractivity contribution in [3.63, 3.8) is 0 Å². The molecular formula is C26H36FN3O2S. The summed E-state index contributed by atoms with van der Waals surface area (Å²) in [6.07, 6.45) is 0.877. The van der Waals surface area contributed by atoms with E-state index in [1.54, 1.807) is 30.3 Å². The average Bonchev–Trinajstić information content (AvgIpc) is 2.72. The zero-order valence-electron chi connectivity index (χ0n) is 20.3. The van der Waals surface area contributed by atoms with Gasteiger partial charge >= 0.3 is 0 Å². The van der Waals surface area contributed by atoms with Crippen LogP contribution in [0.3, 0.4) is 0 Å². The van der Waals surface area contributed by atoms with E-state index in [9.17, 15) is 14.0 Å². The van der Waals surface area contributed by atoms with Gasteiger partial charge in [-0.3, -0.25) is 9.59 Å². The van der Waals surface area contributed by atoms with Gasteiger partial charge in [-0.25, -0.2) is 4.39 Å². The summed E-state index contributed by atoms with van der Waals surface area (Å²) in [5.41, 5.74) is 1.05. The maximum Gasteiger partial charge on any atom is 0.251 e. The van der Waals surface area contributed by atoms with E-state index in [4.69, 9.17) is 0 Å². The number of hydrogen-bond acceptors (Lipinski definition) is 4. The summed E-state index contributed by atoms with van der Waals surface area (Å²) >= 11 is 1.40. The lowest BCUT2D eigenvalue weighted by Gasteiger charge is -2.26. The van der Waals surface area contributed by atoms with Gasteiger partial charge in [0.25, 0.3) is 5.91 Å². The Labute approximate surface area is 201 Å². The number of nitrogens with zero attached hydrogens (tertiary/aromatic N) is 1. The molecule has 2 amide bonds. The number of benzene rings is 2. The lowest BCUT2D eigenvalue weighted by Crippen LogP contribution is -2.34. The van der Waals surface area contributed by atoms with Gasteiger partial charge in [0.2, 0.25) is 5.91 Å². The first kappa shape index (κ1) is 26.9. The van der Waals surface area contributed by atoms with Gasteiger partial charge in [0.15, 0.2) is 0 Å². The van der Waals surface area contributed by atoms with Crippen molar-refractivity contribution in [2.75, 3.05) is 31.5 Å². The van der Waals surface area contributed by atoms with E-state index in [1.807, 2.05) is 0 Å². The highest BCUT2D eigenvalue weighted by Crippen LogP contribution is 2.34. The molecule has 0 aromatic heterocycles. The summed E-state index contributed by atoms with van der Waals surface area (Å²) in [5, 5.41) is 5.79. The molecule has 0 aliphatic rings. The van der Waals surface area contributed by atoms with Crippen molar-refractivity contribution in [1.29, 1.82) is 0 Å². The first-order chi connectivity index (χ1) is 15.6. The van der Waals surface area contributed by atoms with Gasteiger partial charge in [0.05, 0.1) is 5.69 Å². The van der Waals surface area contributed by atoms with Crippen LogP contribution in [0.5, 0.6) is 0 Å². The minimum absolute atomic E-state index is 0.167. The molecule has 180 valence electrons. The van der Waals surface area contributed by atoms with Crippen LogP contribution in [0.25, 0.3) is 0 Å². The third-order valence-electron chi connectivity index (χ3n) is 4.78. The summed E-state index contributed by atoms with van der Waals surface area (Å²) < 4.78 is 13.2. The molecule has 2 N–H and O–H groups in total. The van der Waals surface area contributed by atoms with Crippen molar-refractivity contribution in [2.24, 2.45) is 11.8 Å². The van der Waals surface area contributed by atoms with Gasteiger partial charge in [-0.15, -0.1) is 0 Å². The van der Waals surface area contributed by atoms with E-state index in [2.05, 4.69) is 43.2 Å². The van der Waals surface area contributed by atoms with E-state index in [0.717, 1.165) is 35.8 Å². The highest BCUT2D eigenvalue weighted by Gasteiger charge is 2.13. The fraction of sp³-hybridized carbons (Fsp3) is 0.462. The molecule has 2 aromatic carbocycles. The summed E-state index contributed by atoms with van der Waals surface area (Å²) in [7, 11) is 0. The molecule has 2 rings (SSSR count). The lowest BCUT2D eigenvalue weighted by molar-refractivity contribution is -0.114. The number of carbonyl (C=O) groups excluding carboxylic acids is 2. The Balaban J connectivity index is 1.99. The number of carbonyl (C=O) groups is 2. The number of amides is 2. The fourth-order valence-electron chi connectivity index (χ4n) is 3.57. The minimum atomic E-state index is -0.301. The summed E-state index contributed by atoms with van der Waals surface area (Å²) in [6, 6.07) is 11.4. The highest BCUT2D eigenvalue weighted by molar-refractivity contribution is 7.99. The molecule has 0 radical (unpaired) electrons. The van der Waals surface area contributed by atoms with Crippen LogP contribution >= 0.6 is 11.8 Å². The quantitative estimate of drug-likeness (QED) is 0.390. The molecule has 0 bridgehead atoms. The zero-order valence-corrected chi connectivity index (χ0v) is 21.1. The molecule has 0 heterocycles. The van der Waals surface area contributed by atoms with Crippen LogP contribution in [0.15, 0.2) is 52.3 Å². The van der Waals surface area contributed by atoms with Crippen LogP contribution in [-0.4, -0.2) is 42.9 Å². The molecule has 7 heteroatoms. The fourth-order valence-corrected chi connectivity index (χ4v) is 4.46. The monoisotopic (exact) mass is 473 g/mol. The Bertz CT molecular complexity index is 906. The van der Waals surface area contributed by atoms with E-state index in [-0.39, 0.29) is 17.6 Å². The molecule has 0 aliphatic heterocycles. The van der Waals surface area contributed by atoms with Crippen molar-refractivity contribution in [2.45, 2.75) is 50.8 Å². The van der Waals surface area contributed by atoms with Gasteiger partial charge in [0, 0.05) is 41.9 Å². The molecule has 0 fully saturated rings. The van der Waals surface area contributed by atoms with Gasteiger partial charge in [-0.2, -0.15) is 0 Å². The second kappa shape index (κ2) is 13.4. The van der Waals surface area contributed by atoms with Crippen LogP contribution in [0.4, 0.5) is 10.1 Å². The predicted octanol–water partition coefficient (Wildman–Crippen LogP) is 5.67. The molecule has 0 aliphatic carbocycles. The number of hydrogen-bond donors (Lipinski definition) is 2. The van der Waals surface area contributed by atoms with Gasteiger partial charge in [0.1, 0.15) is 5.82 Å². The molecule has 0 atom stereocenters. The Hall–Kier alpha value is -2.38. The maximum absolute atomic E-state index is 13.2. The topological polar surface area (TPSA) is 61.4 Å². The summed E-state index contributed by atoms with van der Waals surface area (Å²) in [6.45, 7) is 14.0. The zero-order chi connectivity index (χ0) is 24.4. The van der Waals surface area contributed by atoms with Crippen LogP contribution < -0.4 is 10.6 Å². The van der Waals surface area contributed by atoms with Crippen LogP contribution in [0.1, 0.15) is 51.4 Å². The van der Waals surface area contributed by atoms with Crippen molar-refractivity contribution in [3.8, 4) is 0 Å². The van der Waals surface area contributed by atoms with Gasteiger partial charge in [-0.1, -0.05) is 39.5 Å². The molecule has 0 spiro atoms. The standard InChI is InChI=1S/C26H36FN3O2S/c1-18(2)16-30(17-19(3)4)14-6-13-28-26(32)21-7-12-25(24(15-21)29-20(5)31)33-23-10-8-22(27)9-11-23/h7-12,15,18-19H,6,13-14,16-17H2,1-5H3,(H,28,32)(H,29,31). The third-order valence-corrected chi connectivity index (χ3v) is 5.86. The molecular weight excluding hydrogens is 437 g/mol. The summed E-state index contributed by atoms with van der Waals surface area (Å²) in [5.74, 6) is 0.529. The van der Waals surface area contributed by atoms with Crippen molar-refractivity contribution < 1.29 is 14.0 Å². The van der Waals surface area contributed by atoms with E-state index in [0.29, 0.717) is 29.6 Å². The smallest absolute Gasteiger partial charge is 0.251 e. The van der Waals surface area contributed by atoms with E-state index < -0.39 is 0 Å². The molecule has 0 saturated carbocycles. The Kier molecular flexibility index (Phi) is 10.9. The molecule has 0 saturated heterocycles. The van der Waals surface area contributed by atoms with Crippen LogP contribution in [-0.2, 0) is 4.79 Å². The van der Waals surface area contributed by atoms with Gasteiger partial charge < -0.3 is 15.5 Å². The first-order valence-electron chi connectivity index (χ1n) is 11.5. The minimum Gasteiger partial charge on any atom is -0.352 e. The Morgan fingerprint density at radius 2 is 1.64 bits per heavy atom. The number of anilines is 1.